The van der Waals surface area contributed by atoms with Gasteiger partial charge in [0.15, 0.2) is 11.5 Å². The third-order valence-electron chi connectivity index (χ3n) is 3.18. The average Bonchev–Trinajstić information content (AvgIpc) is 3.03. The topological polar surface area (TPSA) is 49.2 Å². The van der Waals surface area contributed by atoms with Crippen LogP contribution in [0.4, 0.5) is 0 Å². The van der Waals surface area contributed by atoms with E-state index in [9.17, 15) is 0 Å². The first-order valence-corrected chi connectivity index (χ1v) is 6.95. The zero-order valence-corrected chi connectivity index (χ0v) is 12.4. The van der Waals surface area contributed by atoms with Crippen molar-refractivity contribution in [3.63, 3.8) is 0 Å². The first kappa shape index (κ1) is 13.2. The van der Waals surface area contributed by atoms with E-state index in [-0.39, 0.29) is 12.2 Å². The Kier molecular flexibility index (Phi) is 3.09. The van der Waals surface area contributed by atoms with Crippen molar-refractivity contribution in [2.24, 2.45) is 0 Å². The summed E-state index contributed by atoms with van der Waals surface area (Å²) in [5.41, 5.74) is 2.59. The molecule has 1 aromatic carbocycles. The van der Waals surface area contributed by atoms with Gasteiger partial charge in [-0.3, -0.25) is 0 Å². The molecule has 0 spiro atoms. The lowest BCUT2D eigenvalue weighted by molar-refractivity contribution is 0.174. The van der Waals surface area contributed by atoms with Crippen LogP contribution in [0.3, 0.4) is 0 Å². The first-order chi connectivity index (χ1) is 9.50. The van der Waals surface area contributed by atoms with Gasteiger partial charge in [-0.05, 0) is 12.1 Å². The highest BCUT2D eigenvalue weighted by Gasteiger charge is 2.26. The van der Waals surface area contributed by atoms with Crippen molar-refractivity contribution >= 4 is 11.6 Å². The lowest BCUT2D eigenvalue weighted by Crippen LogP contribution is -2.19. The molecular formula is C14H16ClN3O2. The van der Waals surface area contributed by atoms with Gasteiger partial charge in [0.05, 0.1) is 17.3 Å². The minimum atomic E-state index is -0.107. The Morgan fingerprint density at radius 1 is 1.25 bits per heavy atom. The maximum Gasteiger partial charge on any atom is 0.231 e. The van der Waals surface area contributed by atoms with E-state index >= 15 is 0 Å². The molecule has 1 aromatic heterocycles. The first-order valence-electron chi connectivity index (χ1n) is 6.42. The second-order valence-corrected chi connectivity index (χ2v) is 5.99. The highest BCUT2D eigenvalue weighted by Crippen LogP contribution is 2.35. The molecule has 1 aliphatic rings. The number of halogens is 1. The second-order valence-electron chi connectivity index (χ2n) is 5.72. The second kappa shape index (κ2) is 4.66. The Labute approximate surface area is 122 Å². The number of alkyl halides is 1. The predicted octanol–water partition coefficient (Wildman–Crippen LogP) is 3.03. The Balaban J connectivity index is 2.13. The predicted molar refractivity (Wildman–Crippen MR) is 75.7 cm³/mol. The molecule has 1 aliphatic heterocycles. The van der Waals surface area contributed by atoms with Gasteiger partial charge < -0.3 is 9.47 Å². The molecule has 106 valence electrons. The van der Waals surface area contributed by atoms with E-state index in [1.807, 2.05) is 22.9 Å². The normalized spacial score (nSPS) is 13.8. The molecule has 3 rings (SSSR count). The van der Waals surface area contributed by atoms with Crippen LogP contribution in [0.15, 0.2) is 18.2 Å². The summed E-state index contributed by atoms with van der Waals surface area (Å²) in [6.45, 7) is 6.61. The molecule has 5 nitrogen and oxygen atoms in total. The van der Waals surface area contributed by atoms with Crippen LogP contribution in [0.1, 0.15) is 32.2 Å². The third kappa shape index (κ3) is 2.12. The van der Waals surface area contributed by atoms with E-state index in [4.69, 9.17) is 21.1 Å². The van der Waals surface area contributed by atoms with Gasteiger partial charge in [-0.1, -0.05) is 26.0 Å². The minimum Gasteiger partial charge on any atom is -0.454 e. The van der Waals surface area contributed by atoms with Crippen LogP contribution in [0.5, 0.6) is 11.5 Å². The summed E-state index contributed by atoms with van der Waals surface area (Å²) in [4.78, 5) is 0. The van der Waals surface area contributed by atoms with Crippen LogP contribution in [-0.4, -0.2) is 21.8 Å². The molecule has 2 aromatic rings. The van der Waals surface area contributed by atoms with E-state index < -0.39 is 0 Å². The molecule has 0 aliphatic carbocycles. The fourth-order valence-corrected chi connectivity index (χ4v) is 2.53. The highest BCUT2D eigenvalue weighted by molar-refractivity contribution is 6.17. The lowest BCUT2D eigenvalue weighted by Gasteiger charge is -2.21. The molecule has 0 saturated carbocycles. The standard InChI is InChI=1S/C14H16ClN3O2/c1-14(2,3)13-10(7-15)16-17-18(13)9-4-5-11-12(6-9)20-8-19-11/h4-6H,7-8H2,1-3H3. The van der Waals surface area contributed by atoms with Gasteiger partial charge in [0.2, 0.25) is 6.79 Å². The smallest absolute Gasteiger partial charge is 0.231 e. The molecule has 0 unspecified atom stereocenters. The van der Waals surface area contributed by atoms with Gasteiger partial charge in [0.25, 0.3) is 0 Å². The summed E-state index contributed by atoms with van der Waals surface area (Å²) in [5, 5.41) is 8.41. The number of ether oxygens (including phenoxy) is 2. The number of aromatic nitrogens is 3. The Morgan fingerprint density at radius 2 is 2.00 bits per heavy atom. The van der Waals surface area contributed by atoms with E-state index in [0.717, 1.165) is 28.6 Å². The summed E-state index contributed by atoms with van der Waals surface area (Å²) >= 11 is 5.97. The molecular weight excluding hydrogens is 278 g/mol. The van der Waals surface area contributed by atoms with Crippen molar-refractivity contribution < 1.29 is 9.47 Å². The van der Waals surface area contributed by atoms with Crippen LogP contribution in [0, 0.1) is 0 Å². The van der Waals surface area contributed by atoms with Gasteiger partial charge >= 0.3 is 0 Å². The van der Waals surface area contributed by atoms with Crippen LogP contribution >= 0.6 is 11.6 Å². The highest BCUT2D eigenvalue weighted by atomic mass is 35.5. The molecule has 0 radical (unpaired) electrons. The Morgan fingerprint density at radius 3 is 2.70 bits per heavy atom. The van der Waals surface area contributed by atoms with E-state index in [1.165, 1.54) is 0 Å². The molecule has 0 bridgehead atoms. The number of benzene rings is 1. The van der Waals surface area contributed by atoms with E-state index in [1.54, 1.807) is 0 Å². The number of fused-ring (bicyclic) bond motifs is 1. The van der Waals surface area contributed by atoms with Crippen molar-refractivity contribution in [1.82, 2.24) is 15.0 Å². The maximum absolute atomic E-state index is 5.97. The fourth-order valence-electron chi connectivity index (χ4n) is 2.35. The molecule has 0 atom stereocenters. The summed E-state index contributed by atoms with van der Waals surface area (Å²) < 4.78 is 12.6. The lowest BCUT2D eigenvalue weighted by atomic mass is 9.90. The van der Waals surface area contributed by atoms with Crippen molar-refractivity contribution in [3.8, 4) is 17.2 Å². The van der Waals surface area contributed by atoms with Gasteiger partial charge in [-0.25, -0.2) is 4.68 Å². The molecule has 6 heteroatoms. The average molecular weight is 294 g/mol. The van der Waals surface area contributed by atoms with E-state index in [0.29, 0.717) is 5.88 Å². The van der Waals surface area contributed by atoms with Crippen molar-refractivity contribution in [1.29, 1.82) is 0 Å². The van der Waals surface area contributed by atoms with Crippen molar-refractivity contribution in [2.45, 2.75) is 32.1 Å². The van der Waals surface area contributed by atoms with Crippen LogP contribution in [0.25, 0.3) is 5.69 Å². The van der Waals surface area contributed by atoms with Crippen LogP contribution in [-0.2, 0) is 11.3 Å². The molecule has 0 amide bonds. The number of nitrogens with zero attached hydrogens (tertiary/aromatic N) is 3. The van der Waals surface area contributed by atoms with Crippen LogP contribution < -0.4 is 9.47 Å². The molecule has 2 heterocycles. The van der Waals surface area contributed by atoms with Gasteiger partial charge in [0, 0.05) is 11.5 Å². The summed E-state index contributed by atoms with van der Waals surface area (Å²) in [6, 6.07) is 5.73. The third-order valence-corrected chi connectivity index (χ3v) is 3.43. The quantitative estimate of drug-likeness (QED) is 0.799. The number of rotatable bonds is 2. The van der Waals surface area contributed by atoms with Gasteiger partial charge in [0.1, 0.15) is 5.69 Å². The van der Waals surface area contributed by atoms with Crippen LogP contribution in [0.2, 0.25) is 0 Å². The molecule has 0 fully saturated rings. The SMILES string of the molecule is CC(C)(C)c1c(CCl)nnn1-c1ccc2c(c1)OCO2. The molecule has 20 heavy (non-hydrogen) atoms. The zero-order valence-electron chi connectivity index (χ0n) is 11.7. The summed E-state index contributed by atoms with van der Waals surface area (Å²) in [7, 11) is 0. The Hall–Kier alpha value is -1.75. The number of hydrogen-bond acceptors (Lipinski definition) is 4. The van der Waals surface area contributed by atoms with Gasteiger partial charge in [-0.15, -0.1) is 16.7 Å². The van der Waals surface area contributed by atoms with Gasteiger partial charge in [-0.2, -0.15) is 0 Å². The molecule has 0 saturated heterocycles. The van der Waals surface area contributed by atoms with Crippen molar-refractivity contribution in [2.75, 3.05) is 6.79 Å². The zero-order chi connectivity index (χ0) is 14.3. The maximum atomic E-state index is 5.97. The number of hydrogen-bond donors (Lipinski definition) is 0. The monoisotopic (exact) mass is 293 g/mol. The summed E-state index contributed by atoms with van der Waals surface area (Å²) in [6.07, 6.45) is 0. The summed E-state index contributed by atoms with van der Waals surface area (Å²) in [5.74, 6) is 1.82. The van der Waals surface area contributed by atoms with Crippen molar-refractivity contribution in [3.05, 3.63) is 29.6 Å². The largest absolute Gasteiger partial charge is 0.454 e. The Bertz CT molecular complexity index is 646. The fraction of sp³-hybridized carbons (Fsp3) is 0.429. The minimum absolute atomic E-state index is 0.107. The molecule has 0 N–H and O–H groups in total. The van der Waals surface area contributed by atoms with E-state index in [2.05, 4.69) is 31.1 Å².